The van der Waals surface area contributed by atoms with E-state index in [1.807, 2.05) is 53.7 Å². The lowest BCUT2D eigenvalue weighted by Crippen LogP contribution is -2.42. The van der Waals surface area contributed by atoms with Gasteiger partial charge in [0.25, 0.3) is 0 Å². The Morgan fingerprint density at radius 2 is 1.14 bits per heavy atom. The Bertz CT molecular complexity index is 392. The molecule has 22 heavy (non-hydrogen) atoms. The summed E-state index contributed by atoms with van der Waals surface area (Å²) in [6.07, 6.45) is 3.18. The molecule has 0 aromatic carbocycles. The Kier molecular flexibility index (Phi) is 5.85. The lowest BCUT2D eigenvalue weighted by atomic mass is 9.82. The fourth-order valence-electron chi connectivity index (χ4n) is 1.89. The lowest BCUT2D eigenvalue weighted by molar-refractivity contribution is 0.0491. The molecule has 0 fully saturated rings. The van der Waals surface area contributed by atoms with Crippen LogP contribution in [-0.2, 0) is 9.47 Å². The normalized spacial score (nSPS) is 20.8. The Balaban J connectivity index is 2.25. The molecule has 0 spiro atoms. The van der Waals surface area contributed by atoms with Crippen molar-refractivity contribution in [2.75, 3.05) is 13.1 Å². The molecule has 0 saturated carbocycles. The number of carbonyl (C=O) groups is 2. The monoisotopic (exact) mass is 312 g/mol. The molecule has 1 aliphatic carbocycles. The van der Waals surface area contributed by atoms with Crippen molar-refractivity contribution in [3.05, 3.63) is 12.2 Å². The van der Waals surface area contributed by atoms with E-state index in [0.29, 0.717) is 13.1 Å². The van der Waals surface area contributed by atoms with Crippen LogP contribution >= 0.6 is 0 Å². The lowest BCUT2D eigenvalue weighted by Gasteiger charge is -2.30. The van der Waals surface area contributed by atoms with Crippen LogP contribution in [0.3, 0.4) is 0 Å². The van der Waals surface area contributed by atoms with E-state index in [-0.39, 0.29) is 11.8 Å². The topological polar surface area (TPSA) is 76.7 Å². The van der Waals surface area contributed by atoms with Gasteiger partial charge in [-0.3, -0.25) is 0 Å². The molecule has 0 aromatic heterocycles. The zero-order valence-electron chi connectivity index (χ0n) is 14.4. The van der Waals surface area contributed by atoms with Crippen LogP contribution in [-0.4, -0.2) is 36.5 Å². The van der Waals surface area contributed by atoms with E-state index in [9.17, 15) is 9.59 Å². The van der Waals surface area contributed by atoms with E-state index < -0.39 is 23.4 Å². The number of hydrogen-bond acceptors (Lipinski definition) is 4. The SMILES string of the molecule is CC(C)(C)OC(=O)NCC1C=CC1CNC(=O)OC(C)(C)C. The third kappa shape index (κ3) is 7.33. The first-order valence-electron chi connectivity index (χ1n) is 7.58. The van der Waals surface area contributed by atoms with Gasteiger partial charge in [0.2, 0.25) is 0 Å². The largest absolute Gasteiger partial charge is 0.444 e. The van der Waals surface area contributed by atoms with Crippen molar-refractivity contribution < 1.29 is 19.1 Å². The van der Waals surface area contributed by atoms with Crippen LogP contribution in [0.4, 0.5) is 9.59 Å². The van der Waals surface area contributed by atoms with Gasteiger partial charge in [-0.1, -0.05) is 12.2 Å². The summed E-state index contributed by atoms with van der Waals surface area (Å²) < 4.78 is 10.4. The van der Waals surface area contributed by atoms with Crippen LogP contribution in [0, 0.1) is 11.8 Å². The maximum absolute atomic E-state index is 11.6. The smallest absolute Gasteiger partial charge is 0.407 e. The summed E-state index contributed by atoms with van der Waals surface area (Å²) >= 11 is 0. The summed E-state index contributed by atoms with van der Waals surface area (Å²) in [6, 6.07) is 0. The molecule has 2 amide bonds. The molecule has 2 unspecified atom stereocenters. The van der Waals surface area contributed by atoms with Gasteiger partial charge < -0.3 is 20.1 Å². The first-order valence-corrected chi connectivity index (χ1v) is 7.58. The molecule has 6 heteroatoms. The molecule has 1 aliphatic rings. The Hall–Kier alpha value is -1.72. The fourth-order valence-corrected chi connectivity index (χ4v) is 1.89. The Morgan fingerprint density at radius 3 is 1.36 bits per heavy atom. The summed E-state index contributed by atoms with van der Waals surface area (Å²) in [5.41, 5.74) is -1.01. The number of amides is 2. The minimum absolute atomic E-state index is 0.197. The second-order valence-corrected chi connectivity index (χ2v) is 7.48. The average molecular weight is 312 g/mol. The maximum atomic E-state index is 11.6. The summed E-state index contributed by atoms with van der Waals surface area (Å²) in [4.78, 5) is 23.2. The number of ether oxygens (including phenoxy) is 2. The zero-order chi connectivity index (χ0) is 17.0. The number of carbonyl (C=O) groups excluding carboxylic acids is 2. The Morgan fingerprint density at radius 1 is 0.818 bits per heavy atom. The van der Waals surface area contributed by atoms with Crippen molar-refractivity contribution >= 4 is 12.2 Å². The molecule has 0 aliphatic heterocycles. The highest BCUT2D eigenvalue weighted by Crippen LogP contribution is 2.24. The van der Waals surface area contributed by atoms with Gasteiger partial charge in [-0.2, -0.15) is 0 Å². The molecule has 0 aromatic rings. The maximum Gasteiger partial charge on any atom is 0.407 e. The van der Waals surface area contributed by atoms with E-state index in [2.05, 4.69) is 10.6 Å². The number of nitrogens with one attached hydrogen (secondary N) is 2. The van der Waals surface area contributed by atoms with E-state index in [1.54, 1.807) is 0 Å². The summed E-state index contributed by atoms with van der Waals surface area (Å²) in [6.45, 7) is 11.9. The van der Waals surface area contributed by atoms with Crippen molar-refractivity contribution in [3.63, 3.8) is 0 Å². The van der Waals surface area contributed by atoms with Gasteiger partial charge in [-0.15, -0.1) is 0 Å². The van der Waals surface area contributed by atoms with Crippen LogP contribution in [0.25, 0.3) is 0 Å². The minimum Gasteiger partial charge on any atom is -0.444 e. The summed E-state index contributed by atoms with van der Waals surface area (Å²) in [5.74, 6) is 0.393. The number of hydrogen-bond donors (Lipinski definition) is 2. The first kappa shape index (κ1) is 18.3. The quantitative estimate of drug-likeness (QED) is 0.783. The second kappa shape index (κ2) is 7.03. The highest BCUT2D eigenvalue weighted by Gasteiger charge is 2.26. The molecule has 2 atom stereocenters. The highest BCUT2D eigenvalue weighted by molar-refractivity contribution is 5.68. The fraction of sp³-hybridized carbons (Fsp3) is 0.750. The van der Waals surface area contributed by atoms with Crippen LogP contribution in [0.2, 0.25) is 0 Å². The van der Waals surface area contributed by atoms with E-state index in [4.69, 9.17) is 9.47 Å². The third-order valence-corrected chi connectivity index (χ3v) is 2.92. The van der Waals surface area contributed by atoms with Gasteiger partial charge in [0.05, 0.1) is 0 Å². The van der Waals surface area contributed by atoms with Crippen molar-refractivity contribution in [2.24, 2.45) is 11.8 Å². The average Bonchev–Trinajstić information content (AvgIpc) is 2.22. The number of rotatable bonds is 4. The molecular weight excluding hydrogens is 284 g/mol. The molecular formula is C16H28N2O4. The number of alkyl carbamates (subject to hydrolysis) is 2. The van der Waals surface area contributed by atoms with Gasteiger partial charge in [0, 0.05) is 24.9 Å². The molecule has 0 bridgehead atoms. The molecule has 0 radical (unpaired) electrons. The van der Waals surface area contributed by atoms with Crippen molar-refractivity contribution in [2.45, 2.75) is 52.7 Å². The van der Waals surface area contributed by atoms with E-state index >= 15 is 0 Å². The zero-order valence-corrected chi connectivity index (χ0v) is 14.4. The van der Waals surface area contributed by atoms with Crippen LogP contribution in [0.15, 0.2) is 12.2 Å². The van der Waals surface area contributed by atoms with Gasteiger partial charge in [0.15, 0.2) is 0 Å². The summed E-state index contributed by atoms with van der Waals surface area (Å²) in [5, 5.41) is 5.48. The van der Waals surface area contributed by atoms with Gasteiger partial charge in [-0.25, -0.2) is 9.59 Å². The van der Waals surface area contributed by atoms with Crippen LogP contribution in [0.5, 0.6) is 0 Å². The minimum atomic E-state index is -0.503. The Labute approximate surface area is 132 Å². The van der Waals surface area contributed by atoms with Crippen LogP contribution in [0.1, 0.15) is 41.5 Å². The van der Waals surface area contributed by atoms with Crippen molar-refractivity contribution in [1.82, 2.24) is 10.6 Å². The van der Waals surface area contributed by atoms with Gasteiger partial charge in [0.1, 0.15) is 11.2 Å². The predicted octanol–water partition coefficient (Wildman–Crippen LogP) is 2.84. The molecule has 126 valence electrons. The van der Waals surface area contributed by atoms with E-state index in [1.165, 1.54) is 0 Å². The molecule has 0 saturated heterocycles. The van der Waals surface area contributed by atoms with Crippen LogP contribution < -0.4 is 10.6 Å². The van der Waals surface area contributed by atoms with E-state index in [0.717, 1.165) is 0 Å². The molecule has 2 N–H and O–H groups in total. The summed E-state index contributed by atoms with van der Waals surface area (Å²) in [7, 11) is 0. The highest BCUT2D eigenvalue weighted by atomic mass is 16.6. The van der Waals surface area contributed by atoms with Gasteiger partial charge >= 0.3 is 12.2 Å². The molecule has 0 heterocycles. The molecule has 6 nitrogen and oxygen atoms in total. The first-order chi connectivity index (χ1) is 9.96. The second-order valence-electron chi connectivity index (χ2n) is 7.48. The van der Waals surface area contributed by atoms with Crippen molar-refractivity contribution in [3.8, 4) is 0 Å². The molecule has 1 rings (SSSR count). The van der Waals surface area contributed by atoms with Gasteiger partial charge in [-0.05, 0) is 41.5 Å². The van der Waals surface area contributed by atoms with Crippen molar-refractivity contribution in [1.29, 1.82) is 0 Å². The standard InChI is InChI=1S/C16H28N2O4/c1-15(2,3)21-13(19)17-9-11-7-8-12(11)10-18-14(20)22-16(4,5)6/h7-8,11-12H,9-10H2,1-6H3,(H,17,19)(H,18,20). The third-order valence-electron chi connectivity index (χ3n) is 2.92. The predicted molar refractivity (Wildman–Crippen MR) is 84.6 cm³/mol.